The van der Waals surface area contributed by atoms with Crippen LogP contribution in [0.3, 0.4) is 0 Å². The van der Waals surface area contributed by atoms with E-state index in [-0.39, 0.29) is 6.41 Å². The standard InChI is InChI=1S/C14H25NO2.CH3NO/c1-4-6-14(8-7-13(2)3)17-11-5-10-16-12-9-15;2-1-3/h4,6-8H,5,9-12,15H2,1-3H3;1H,(H2,2,3)/b6-4+,14-8+;. The quantitative estimate of drug-likeness (QED) is 0.293. The lowest BCUT2D eigenvalue weighted by molar-refractivity contribution is -0.106. The molecule has 0 aromatic heterocycles. The molecule has 5 nitrogen and oxygen atoms in total. The van der Waals surface area contributed by atoms with Crippen LogP contribution in [0.4, 0.5) is 0 Å². The Balaban J connectivity index is 0. The molecule has 0 fully saturated rings. The van der Waals surface area contributed by atoms with Crippen molar-refractivity contribution in [3.8, 4) is 0 Å². The smallest absolute Gasteiger partial charge is 0.204 e. The number of rotatable bonds is 9. The van der Waals surface area contributed by atoms with Crippen molar-refractivity contribution in [2.45, 2.75) is 27.2 Å². The maximum Gasteiger partial charge on any atom is 0.204 e. The highest BCUT2D eigenvalue weighted by Gasteiger charge is 1.93. The Labute approximate surface area is 122 Å². The number of carbonyl (C=O) groups excluding carboxylic acids is 1. The number of amides is 1. The van der Waals surface area contributed by atoms with Gasteiger partial charge in [-0.25, -0.2) is 0 Å². The molecule has 0 aliphatic carbocycles. The lowest BCUT2D eigenvalue weighted by Crippen LogP contribution is -2.10. The molecule has 0 aromatic carbocycles. The summed E-state index contributed by atoms with van der Waals surface area (Å²) >= 11 is 0. The van der Waals surface area contributed by atoms with Crippen molar-refractivity contribution in [3.05, 3.63) is 35.6 Å². The largest absolute Gasteiger partial charge is 0.494 e. The lowest BCUT2D eigenvalue weighted by Gasteiger charge is -2.07. The van der Waals surface area contributed by atoms with E-state index in [0.29, 0.717) is 26.4 Å². The molecule has 0 radical (unpaired) electrons. The Morgan fingerprint density at radius 3 is 2.30 bits per heavy atom. The van der Waals surface area contributed by atoms with Gasteiger partial charge in [-0.05, 0) is 32.9 Å². The Kier molecular flexibility index (Phi) is 18.0. The Bertz CT molecular complexity index is 306. The van der Waals surface area contributed by atoms with Gasteiger partial charge >= 0.3 is 0 Å². The van der Waals surface area contributed by atoms with E-state index in [1.165, 1.54) is 5.57 Å². The molecular formula is C15H28N2O3. The second kappa shape index (κ2) is 17.4. The molecule has 5 heteroatoms. The first-order valence-electron chi connectivity index (χ1n) is 6.66. The van der Waals surface area contributed by atoms with Crippen LogP contribution < -0.4 is 11.5 Å². The summed E-state index contributed by atoms with van der Waals surface area (Å²) < 4.78 is 10.9. The third kappa shape index (κ3) is 18.8. The molecule has 0 unspecified atom stereocenters. The van der Waals surface area contributed by atoms with Gasteiger partial charge in [0.2, 0.25) is 6.41 Å². The van der Waals surface area contributed by atoms with Crippen molar-refractivity contribution in [3.63, 3.8) is 0 Å². The molecule has 0 bridgehead atoms. The molecular weight excluding hydrogens is 256 g/mol. The minimum atomic E-state index is 0.250. The normalized spacial score (nSPS) is 10.7. The van der Waals surface area contributed by atoms with Crippen LogP contribution in [0.15, 0.2) is 35.6 Å². The Hall–Kier alpha value is -1.59. The van der Waals surface area contributed by atoms with E-state index < -0.39 is 0 Å². The number of allylic oxidation sites excluding steroid dienone is 5. The van der Waals surface area contributed by atoms with Crippen LogP contribution in [-0.2, 0) is 14.3 Å². The van der Waals surface area contributed by atoms with Gasteiger partial charge in [0, 0.05) is 19.6 Å². The topological polar surface area (TPSA) is 87.6 Å². The summed E-state index contributed by atoms with van der Waals surface area (Å²) in [7, 11) is 0. The second-order valence-electron chi connectivity index (χ2n) is 4.05. The maximum absolute atomic E-state index is 8.58. The number of ether oxygens (including phenoxy) is 2. The number of carbonyl (C=O) groups is 1. The van der Waals surface area contributed by atoms with E-state index in [1.807, 2.05) is 31.2 Å². The van der Waals surface area contributed by atoms with Crippen LogP contribution in [0.2, 0.25) is 0 Å². The Morgan fingerprint density at radius 1 is 1.15 bits per heavy atom. The second-order valence-corrected chi connectivity index (χ2v) is 4.05. The number of primary amides is 1. The van der Waals surface area contributed by atoms with E-state index in [4.69, 9.17) is 20.0 Å². The van der Waals surface area contributed by atoms with Crippen molar-refractivity contribution in [1.82, 2.24) is 0 Å². The highest BCUT2D eigenvalue weighted by Crippen LogP contribution is 2.03. The van der Waals surface area contributed by atoms with Crippen LogP contribution in [0.1, 0.15) is 27.2 Å². The van der Waals surface area contributed by atoms with Crippen molar-refractivity contribution in [2.75, 3.05) is 26.4 Å². The van der Waals surface area contributed by atoms with Crippen LogP contribution in [-0.4, -0.2) is 32.8 Å². The number of hydrogen-bond acceptors (Lipinski definition) is 4. The van der Waals surface area contributed by atoms with E-state index >= 15 is 0 Å². The predicted molar refractivity (Wildman–Crippen MR) is 83.0 cm³/mol. The summed E-state index contributed by atoms with van der Waals surface area (Å²) in [5.41, 5.74) is 10.7. The van der Waals surface area contributed by atoms with Crippen molar-refractivity contribution in [1.29, 1.82) is 0 Å². The summed E-state index contributed by atoms with van der Waals surface area (Å²) in [6, 6.07) is 0. The number of hydrogen-bond donors (Lipinski definition) is 2. The van der Waals surface area contributed by atoms with Gasteiger partial charge in [-0.3, -0.25) is 4.79 Å². The SMILES string of the molecule is C/C=C/C(=C\C=C(C)C)OCCCOCCN.NC=O. The fraction of sp³-hybridized carbons (Fsp3) is 0.533. The monoisotopic (exact) mass is 284 g/mol. The zero-order valence-electron chi connectivity index (χ0n) is 12.8. The van der Waals surface area contributed by atoms with E-state index in [1.54, 1.807) is 0 Å². The predicted octanol–water partition coefficient (Wildman–Crippen LogP) is 1.90. The minimum Gasteiger partial charge on any atom is -0.494 e. The van der Waals surface area contributed by atoms with Gasteiger partial charge in [-0.1, -0.05) is 17.7 Å². The fourth-order valence-electron chi connectivity index (χ4n) is 1.10. The molecule has 0 rings (SSSR count). The summed E-state index contributed by atoms with van der Waals surface area (Å²) in [5.74, 6) is 0.882. The van der Waals surface area contributed by atoms with Crippen LogP contribution in [0.25, 0.3) is 0 Å². The van der Waals surface area contributed by atoms with E-state index in [2.05, 4.69) is 19.6 Å². The van der Waals surface area contributed by atoms with Gasteiger partial charge < -0.3 is 20.9 Å². The average molecular weight is 284 g/mol. The van der Waals surface area contributed by atoms with Crippen LogP contribution >= 0.6 is 0 Å². The summed E-state index contributed by atoms with van der Waals surface area (Å²) in [6.07, 6.45) is 9.08. The summed E-state index contributed by atoms with van der Waals surface area (Å²) in [5, 5.41) is 0. The molecule has 0 saturated carbocycles. The first-order valence-corrected chi connectivity index (χ1v) is 6.66. The van der Waals surface area contributed by atoms with Crippen LogP contribution in [0.5, 0.6) is 0 Å². The van der Waals surface area contributed by atoms with Gasteiger partial charge in [0.25, 0.3) is 0 Å². The van der Waals surface area contributed by atoms with Gasteiger partial charge in [-0.15, -0.1) is 0 Å². The van der Waals surface area contributed by atoms with Crippen molar-refractivity contribution >= 4 is 6.41 Å². The fourth-order valence-corrected chi connectivity index (χ4v) is 1.10. The molecule has 0 aliphatic heterocycles. The number of nitrogens with two attached hydrogens (primary N) is 2. The Morgan fingerprint density at radius 2 is 1.80 bits per heavy atom. The van der Waals surface area contributed by atoms with Gasteiger partial charge in [-0.2, -0.15) is 0 Å². The molecule has 0 aromatic rings. The molecule has 0 saturated heterocycles. The molecule has 0 heterocycles. The van der Waals surface area contributed by atoms with E-state index in [0.717, 1.165) is 12.2 Å². The third-order valence-corrected chi connectivity index (χ3v) is 1.88. The first kappa shape index (κ1) is 20.7. The molecule has 4 N–H and O–H groups in total. The third-order valence-electron chi connectivity index (χ3n) is 1.88. The van der Waals surface area contributed by atoms with E-state index in [9.17, 15) is 0 Å². The lowest BCUT2D eigenvalue weighted by atomic mass is 10.3. The molecule has 20 heavy (non-hydrogen) atoms. The van der Waals surface area contributed by atoms with Crippen LogP contribution in [0, 0.1) is 0 Å². The highest BCUT2D eigenvalue weighted by atomic mass is 16.5. The molecule has 0 atom stereocenters. The zero-order chi connectivity index (χ0) is 15.6. The molecule has 0 aliphatic rings. The highest BCUT2D eigenvalue weighted by molar-refractivity contribution is 5.42. The molecule has 116 valence electrons. The maximum atomic E-state index is 8.58. The summed E-state index contributed by atoms with van der Waals surface area (Å²) in [4.78, 5) is 8.58. The van der Waals surface area contributed by atoms with Crippen molar-refractivity contribution < 1.29 is 14.3 Å². The van der Waals surface area contributed by atoms with Gasteiger partial charge in [0.1, 0.15) is 5.76 Å². The zero-order valence-corrected chi connectivity index (χ0v) is 12.8. The first-order chi connectivity index (χ1) is 9.62. The summed E-state index contributed by atoms with van der Waals surface area (Å²) in [6.45, 7) is 8.65. The molecule has 0 spiro atoms. The average Bonchev–Trinajstić information content (AvgIpc) is 2.40. The van der Waals surface area contributed by atoms with Crippen molar-refractivity contribution in [2.24, 2.45) is 11.5 Å². The van der Waals surface area contributed by atoms with Gasteiger partial charge in [0.05, 0.1) is 13.2 Å². The van der Waals surface area contributed by atoms with Gasteiger partial charge in [0.15, 0.2) is 0 Å². The minimum absolute atomic E-state index is 0.250. The molecule has 1 amide bonds.